The van der Waals surface area contributed by atoms with Crippen LogP contribution in [0.3, 0.4) is 0 Å². The van der Waals surface area contributed by atoms with Gasteiger partial charge >= 0.3 is 6.09 Å². The lowest BCUT2D eigenvalue weighted by molar-refractivity contribution is -0.385. The van der Waals surface area contributed by atoms with E-state index in [1.54, 1.807) is 44.2 Å². The average Bonchev–Trinajstić information content (AvgIpc) is 2.67. The van der Waals surface area contributed by atoms with Gasteiger partial charge in [0.15, 0.2) is 0 Å². The molecule has 0 radical (unpaired) electrons. The van der Waals surface area contributed by atoms with Crippen molar-refractivity contribution in [3.8, 4) is 22.4 Å². The summed E-state index contributed by atoms with van der Waals surface area (Å²) in [6.07, 6.45) is -0.134. The van der Waals surface area contributed by atoms with Gasteiger partial charge in [-0.1, -0.05) is 42.5 Å². The van der Waals surface area contributed by atoms with Crippen molar-refractivity contribution in [1.82, 2.24) is 10.3 Å². The van der Waals surface area contributed by atoms with Gasteiger partial charge in [0, 0.05) is 22.8 Å². The van der Waals surface area contributed by atoms with Crippen molar-refractivity contribution < 1.29 is 19.2 Å². The summed E-state index contributed by atoms with van der Waals surface area (Å²) < 4.78 is 14.9. The summed E-state index contributed by atoms with van der Waals surface area (Å²) >= 11 is 0. The predicted octanol–water partition coefficient (Wildman–Crippen LogP) is 4.97. The minimum Gasteiger partial charge on any atom is -0.465 e. The number of nitrogens with one attached hydrogen (secondary N) is 1. The fourth-order valence-electron chi connectivity index (χ4n) is 3.13. The van der Waals surface area contributed by atoms with Gasteiger partial charge in [-0.2, -0.15) is 0 Å². The van der Waals surface area contributed by atoms with Crippen molar-refractivity contribution in [2.75, 3.05) is 0 Å². The first-order valence-corrected chi connectivity index (χ1v) is 8.70. The lowest BCUT2D eigenvalue weighted by Gasteiger charge is -2.26. The second-order valence-electron chi connectivity index (χ2n) is 6.96. The smallest absolute Gasteiger partial charge is 0.405 e. The van der Waals surface area contributed by atoms with Crippen LogP contribution in [0.2, 0.25) is 0 Å². The predicted molar refractivity (Wildman–Crippen MR) is 106 cm³/mol. The van der Waals surface area contributed by atoms with Crippen molar-refractivity contribution in [1.29, 1.82) is 0 Å². The number of nitrogens with zero attached hydrogens (tertiary/aromatic N) is 2. The van der Waals surface area contributed by atoms with Crippen LogP contribution in [0.15, 0.2) is 60.8 Å². The van der Waals surface area contributed by atoms with E-state index in [2.05, 4.69) is 10.3 Å². The molecule has 0 fully saturated rings. The lowest BCUT2D eigenvalue weighted by Crippen LogP contribution is -2.40. The molecule has 0 aliphatic rings. The largest absolute Gasteiger partial charge is 0.465 e. The molecule has 1 aromatic heterocycles. The van der Waals surface area contributed by atoms with E-state index in [1.165, 1.54) is 18.2 Å². The zero-order valence-corrected chi connectivity index (χ0v) is 15.7. The van der Waals surface area contributed by atoms with Crippen LogP contribution in [0, 0.1) is 15.9 Å². The standard InChI is InChI=1S/C21H18FN3O4/c1-21(2,24-20(26)27)17-9-8-14(10-18(17)22)19-16(13-6-4-3-5-7-13)11-15(12-23-19)25(28)29/h3-12,24H,1-2H3,(H,26,27). The molecule has 2 N–H and O–H groups in total. The molecule has 0 saturated heterocycles. The average molecular weight is 395 g/mol. The lowest BCUT2D eigenvalue weighted by atomic mass is 9.91. The summed E-state index contributed by atoms with van der Waals surface area (Å²) in [7, 11) is 0. The Morgan fingerprint density at radius 1 is 1.14 bits per heavy atom. The Bertz CT molecular complexity index is 1080. The van der Waals surface area contributed by atoms with E-state index in [0.29, 0.717) is 22.4 Å². The van der Waals surface area contributed by atoms with Gasteiger partial charge in [0.25, 0.3) is 5.69 Å². The maximum atomic E-state index is 14.9. The Morgan fingerprint density at radius 2 is 1.83 bits per heavy atom. The second kappa shape index (κ2) is 7.67. The van der Waals surface area contributed by atoms with Gasteiger partial charge in [0.05, 0.1) is 16.2 Å². The monoisotopic (exact) mass is 395 g/mol. The summed E-state index contributed by atoms with van der Waals surface area (Å²) in [4.78, 5) is 25.8. The fraction of sp³-hybridized carbons (Fsp3) is 0.143. The number of amides is 1. The van der Waals surface area contributed by atoms with E-state index in [4.69, 9.17) is 5.11 Å². The van der Waals surface area contributed by atoms with Crippen LogP contribution in [0.4, 0.5) is 14.9 Å². The van der Waals surface area contributed by atoms with Gasteiger partial charge in [-0.3, -0.25) is 10.1 Å². The molecule has 0 aliphatic carbocycles. The van der Waals surface area contributed by atoms with Gasteiger partial charge in [-0.25, -0.2) is 14.2 Å². The number of aromatic nitrogens is 1. The fourth-order valence-corrected chi connectivity index (χ4v) is 3.13. The Morgan fingerprint density at radius 3 is 2.41 bits per heavy atom. The number of hydrogen-bond acceptors (Lipinski definition) is 4. The number of carbonyl (C=O) groups is 1. The van der Waals surface area contributed by atoms with Crippen molar-refractivity contribution in [2.45, 2.75) is 19.4 Å². The van der Waals surface area contributed by atoms with Crippen LogP contribution in [-0.2, 0) is 5.54 Å². The van der Waals surface area contributed by atoms with E-state index in [1.807, 2.05) is 6.07 Å². The molecule has 1 amide bonds. The molecule has 0 atom stereocenters. The van der Waals surface area contributed by atoms with E-state index >= 15 is 0 Å². The summed E-state index contributed by atoms with van der Waals surface area (Å²) in [6.45, 7) is 3.11. The van der Waals surface area contributed by atoms with E-state index in [-0.39, 0.29) is 11.3 Å². The Kier molecular flexibility index (Phi) is 5.27. The highest BCUT2D eigenvalue weighted by Gasteiger charge is 2.26. The molecule has 2 aromatic carbocycles. The SMILES string of the molecule is CC(C)(NC(=O)O)c1ccc(-c2ncc([N+](=O)[O-])cc2-c2ccccc2)cc1F. The Hall–Kier alpha value is -3.81. The van der Waals surface area contributed by atoms with E-state index in [0.717, 1.165) is 6.20 Å². The summed E-state index contributed by atoms with van der Waals surface area (Å²) in [6, 6.07) is 14.7. The topological polar surface area (TPSA) is 105 Å². The molecule has 148 valence electrons. The van der Waals surface area contributed by atoms with Gasteiger partial charge in [0.1, 0.15) is 12.0 Å². The number of rotatable bonds is 5. The first-order chi connectivity index (χ1) is 13.7. The minimum atomic E-state index is -1.26. The second-order valence-corrected chi connectivity index (χ2v) is 6.96. The van der Waals surface area contributed by atoms with E-state index < -0.39 is 22.4 Å². The Balaban J connectivity index is 2.13. The summed E-state index contributed by atoms with van der Waals surface area (Å²) in [5.74, 6) is -0.611. The first kappa shape index (κ1) is 19.9. The molecular weight excluding hydrogens is 377 g/mol. The summed E-state index contributed by atoms with van der Waals surface area (Å²) in [5, 5.41) is 22.4. The highest BCUT2D eigenvalue weighted by molar-refractivity contribution is 5.82. The van der Waals surface area contributed by atoms with E-state index in [9.17, 15) is 19.3 Å². The van der Waals surface area contributed by atoms with Crippen molar-refractivity contribution in [3.63, 3.8) is 0 Å². The third-order valence-corrected chi connectivity index (χ3v) is 4.50. The van der Waals surface area contributed by atoms with Crippen LogP contribution in [0.5, 0.6) is 0 Å². The third kappa shape index (κ3) is 4.21. The summed E-state index contributed by atoms with van der Waals surface area (Å²) in [5.41, 5.74) is 0.871. The van der Waals surface area contributed by atoms with Crippen LogP contribution < -0.4 is 5.32 Å². The molecule has 3 rings (SSSR count). The van der Waals surface area contributed by atoms with Crippen LogP contribution in [0.25, 0.3) is 22.4 Å². The molecule has 29 heavy (non-hydrogen) atoms. The molecule has 8 heteroatoms. The molecule has 0 unspecified atom stereocenters. The van der Waals surface area contributed by atoms with Crippen LogP contribution in [-0.4, -0.2) is 21.1 Å². The van der Waals surface area contributed by atoms with Crippen molar-refractivity contribution in [3.05, 3.63) is 82.3 Å². The van der Waals surface area contributed by atoms with Gasteiger partial charge < -0.3 is 10.4 Å². The molecule has 0 aliphatic heterocycles. The zero-order valence-electron chi connectivity index (χ0n) is 15.7. The molecule has 0 saturated carbocycles. The molecule has 7 nitrogen and oxygen atoms in total. The maximum absolute atomic E-state index is 14.9. The molecule has 0 spiro atoms. The number of carboxylic acid groups (broad SMARTS) is 1. The Labute approximate surface area is 166 Å². The minimum absolute atomic E-state index is 0.170. The molecular formula is C21H18FN3O4. The molecule has 3 aromatic rings. The van der Waals surface area contributed by atoms with Gasteiger partial charge in [-0.15, -0.1) is 0 Å². The number of hydrogen-bond donors (Lipinski definition) is 2. The molecule has 0 bridgehead atoms. The van der Waals surface area contributed by atoms with Gasteiger partial charge in [-0.05, 0) is 25.5 Å². The first-order valence-electron chi connectivity index (χ1n) is 8.70. The quantitative estimate of drug-likeness (QED) is 0.469. The number of pyridine rings is 1. The third-order valence-electron chi connectivity index (χ3n) is 4.50. The highest BCUT2D eigenvalue weighted by Crippen LogP contribution is 2.34. The highest BCUT2D eigenvalue weighted by atomic mass is 19.1. The zero-order chi connectivity index (χ0) is 21.2. The number of benzene rings is 2. The van der Waals surface area contributed by atoms with Crippen molar-refractivity contribution in [2.24, 2.45) is 0 Å². The van der Waals surface area contributed by atoms with Crippen LogP contribution in [0.1, 0.15) is 19.4 Å². The number of halogens is 1. The van der Waals surface area contributed by atoms with Crippen LogP contribution >= 0.6 is 0 Å². The normalized spacial score (nSPS) is 11.1. The maximum Gasteiger partial charge on any atom is 0.405 e. The molecule has 1 heterocycles. The van der Waals surface area contributed by atoms with Gasteiger partial charge in [0.2, 0.25) is 0 Å². The van der Waals surface area contributed by atoms with Crippen molar-refractivity contribution >= 4 is 11.8 Å². The number of nitro groups is 1.